The normalized spacial score (nSPS) is 27.2. The summed E-state index contributed by atoms with van der Waals surface area (Å²) in [5, 5.41) is 0. The Bertz CT molecular complexity index is 416. The maximum Gasteiger partial charge on any atom is 0.483 e. The van der Waals surface area contributed by atoms with Gasteiger partial charge in [0.05, 0.1) is 0 Å². The molecule has 0 bridgehead atoms. The van der Waals surface area contributed by atoms with Crippen LogP contribution in [0.4, 0.5) is 39.5 Å². The highest BCUT2D eigenvalue weighted by molar-refractivity contribution is 4.99. The molecule has 118 valence electrons. The Morgan fingerprint density at radius 1 is 1.00 bits per heavy atom. The predicted octanol–water partition coefficient (Wildman–Crippen LogP) is 3.62. The Balaban J connectivity index is 3.14. The van der Waals surface area contributed by atoms with Gasteiger partial charge in [-0.2, -0.15) is 39.5 Å². The van der Waals surface area contributed by atoms with Gasteiger partial charge in [0.1, 0.15) is 0 Å². The molecule has 1 fully saturated rings. The molecule has 0 spiro atoms. The summed E-state index contributed by atoms with van der Waals surface area (Å²) in [6.45, 7) is 1.87. The second-order valence-electron chi connectivity index (χ2n) is 3.71. The molecule has 0 amide bonds. The first-order valence-corrected chi connectivity index (χ1v) is 4.53. The Morgan fingerprint density at radius 3 is 1.75 bits per heavy atom. The molecule has 1 heterocycles. The van der Waals surface area contributed by atoms with Crippen LogP contribution in [0, 0.1) is 0 Å². The van der Waals surface area contributed by atoms with Crippen LogP contribution in [-0.4, -0.2) is 30.1 Å². The van der Waals surface area contributed by atoms with Crippen molar-refractivity contribution in [1.82, 2.24) is 0 Å². The summed E-state index contributed by atoms with van der Waals surface area (Å²) in [6.07, 6.45) is -17.6. The topological polar surface area (TPSA) is 27.7 Å². The van der Waals surface area contributed by atoms with Gasteiger partial charge in [-0.15, -0.1) is 0 Å². The van der Waals surface area contributed by atoms with Gasteiger partial charge in [-0.3, -0.25) is 0 Å². The molecule has 1 saturated heterocycles. The van der Waals surface area contributed by atoms with Gasteiger partial charge in [0.25, 0.3) is 5.95 Å². The van der Waals surface area contributed by atoms with Crippen LogP contribution in [0.3, 0.4) is 0 Å². The quantitative estimate of drug-likeness (QED) is 0.741. The predicted molar refractivity (Wildman–Crippen MR) is 41.7 cm³/mol. The molecule has 0 aromatic heterocycles. The maximum atomic E-state index is 13.4. The first-order valence-electron chi connectivity index (χ1n) is 4.53. The van der Waals surface area contributed by atoms with Gasteiger partial charge in [0.15, 0.2) is 0 Å². The number of rotatable bonds is 4. The molecule has 12 heteroatoms. The van der Waals surface area contributed by atoms with Crippen LogP contribution in [0.1, 0.15) is 6.92 Å². The molecule has 1 unspecified atom stereocenters. The second-order valence-corrected chi connectivity index (χ2v) is 3.71. The van der Waals surface area contributed by atoms with E-state index in [-0.39, 0.29) is 0 Å². The molecular weight excluding hydrogens is 315 g/mol. The molecule has 3 nitrogen and oxygen atoms in total. The second kappa shape index (κ2) is 4.09. The molecule has 20 heavy (non-hydrogen) atoms. The summed E-state index contributed by atoms with van der Waals surface area (Å²) < 4.78 is 124. The lowest BCUT2D eigenvalue weighted by Gasteiger charge is -2.33. The van der Waals surface area contributed by atoms with E-state index in [0.29, 0.717) is 0 Å². The summed E-state index contributed by atoms with van der Waals surface area (Å²) >= 11 is 0. The van der Waals surface area contributed by atoms with Gasteiger partial charge in [0.2, 0.25) is 0 Å². The molecule has 0 radical (unpaired) electrons. The molecule has 0 aromatic carbocycles. The van der Waals surface area contributed by atoms with E-state index in [0.717, 1.165) is 0 Å². The monoisotopic (exact) mass is 320 g/mol. The van der Waals surface area contributed by atoms with E-state index in [9.17, 15) is 39.5 Å². The van der Waals surface area contributed by atoms with E-state index < -0.39 is 43.0 Å². The lowest BCUT2D eigenvalue weighted by molar-refractivity contribution is -0.496. The van der Waals surface area contributed by atoms with Gasteiger partial charge in [-0.05, 0) is 6.58 Å². The Kier molecular flexibility index (Phi) is 3.42. The highest BCUT2D eigenvalue weighted by Crippen LogP contribution is 2.55. The number of halogens is 9. The number of alkyl halides is 9. The largest absolute Gasteiger partial charge is 0.483 e. The van der Waals surface area contributed by atoms with Gasteiger partial charge in [-0.25, -0.2) is 4.74 Å². The molecular formula is C8H5F9O3. The van der Waals surface area contributed by atoms with E-state index in [1.807, 2.05) is 0 Å². The fraction of sp³-hybridized carbons (Fsp3) is 0.750. The van der Waals surface area contributed by atoms with Crippen LogP contribution in [-0.2, 0) is 14.2 Å². The van der Waals surface area contributed by atoms with Crippen LogP contribution < -0.4 is 0 Å². The van der Waals surface area contributed by atoms with Crippen molar-refractivity contribution in [2.75, 3.05) is 0 Å². The van der Waals surface area contributed by atoms with Crippen molar-refractivity contribution in [2.45, 2.75) is 37.0 Å². The van der Waals surface area contributed by atoms with Crippen molar-refractivity contribution in [1.29, 1.82) is 0 Å². The summed E-state index contributed by atoms with van der Waals surface area (Å²) in [7, 11) is 0. The summed E-state index contributed by atoms with van der Waals surface area (Å²) in [4.78, 5) is 0. The van der Waals surface area contributed by atoms with Crippen LogP contribution in [0.25, 0.3) is 0 Å². The zero-order valence-electron chi connectivity index (χ0n) is 9.33. The first-order chi connectivity index (χ1) is 8.56. The van der Waals surface area contributed by atoms with Crippen LogP contribution in [0.2, 0.25) is 0 Å². The minimum absolute atomic E-state index is 0.545. The smallest absolute Gasteiger partial charge is 0.412 e. The van der Waals surface area contributed by atoms with E-state index in [4.69, 9.17) is 0 Å². The molecule has 0 N–H and O–H groups in total. The summed E-state index contributed by atoms with van der Waals surface area (Å²) in [5.41, 5.74) is 0. The number of hydrogen-bond donors (Lipinski definition) is 0. The Morgan fingerprint density at radius 2 is 1.45 bits per heavy atom. The average molecular weight is 320 g/mol. The van der Waals surface area contributed by atoms with E-state index in [2.05, 4.69) is 20.8 Å². The van der Waals surface area contributed by atoms with Gasteiger partial charge >= 0.3 is 30.1 Å². The third-order valence-corrected chi connectivity index (χ3v) is 2.01. The lowest BCUT2D eigenvalue weighted by atomic mass is 10.2. The number of hydrogen-bond acceptors (Lipinski definition) is 3. The van der Waals surface area contributed by atoms with Crippen molar-refractivity contribution in [2.24, 2.45) is 0 Å². The maximum absolute atomic E-state index is 13.4. The van der Waals surface area contributed by atoms with Crippen molar-refractivity contribution >= 4 is 0 Å². The summed E-state index contributed by atoms with van der Waals surface area (Å²) in [5.74, 6) is -12.5. The minimum Gasteiger partial charge on any atom is -0.412 e. The van der Waals surface area contributed by atoms with Crippen LogP contribution in [0.15, 0.2) is 12.5 Å². The Labute approximate surface area is 104 Å². The molecule has 1 rings (SSSR count). The van der Waals surface area contributed by atoms with E-state index >= 15 is 0 Å². The molecule has 0 saturated carbocycles. The molecule has 0 aromatic rings. The minimum atomic E-state index is -6.18. The average Bonchev–Trinajstić information content (AvgIpc) is 2.32. The van der Waals surface area contributed by atoms with E-state index in [1.54, 1.807) is 0 Å². The SMILES string of the molecule is C=C1OC(F)(F)C(F)(C(F)(F)OC(F)(F)C(C)(F)F)O1. The van der Waals surface area contributed by atoms with Crippen molar-refractivity contribution in [3.8, 4) is 0 Å². The van der Waals surface area contributed by atoms with Crippen molar-refractivity contribution < 1.29 is 53.7 Å². The number of ether oxygens (including phenoxy) is 3. The third-order valence-electron chi connectivity index (χ3n) is 2.01. The first kappa shape index (κ1) is 16.7. The highest BCUT2D eigenvalue weighted by Gasteiger charge is 2.83. The van der Waals surface area contributed by atoms with Crippen molar-refractivity contribution in [3.05, 3.63) is 12.5 Å². The van der Waals surface area contributed by atoms with Crippen LogP contribution >= 0.6 is 0 Å². The standard InChI is InChI=1S/C8H5F9O3/c1-3-18-5(11,7(14,15)19-3)8(16,17)20-6(12,13)4(2,9)10/h1H2,2H3. The molecule has 1 aliphatic heterocycles. The fourth-order valence-corrected chi connectivity index (χ4v) is 0.991. The zero-order chi connectivity index (χ0) is 16.2. The summed E-state index contributed by atoms with van der Waals surface area (Å²) in [6, 6.07) is 0. The van der Waals surface area contributed by atoms with Gasteiger partial charge in [-0.1, -0.05) is 0 Å². The Hall–Kier alpha value is -1.33. The molecule has 1 aliphatic rings. The fourth-order valence-electron chi connectivity index (χ4n) is 0.991. The highest BCUT2D eigenvalue weighted by atomic mass is 19.3. The molecule has 0 aliphatic carbocycles. The van der Waals surface area contributed by atoms with E-state index in [1.165, 1.54) is 0 Å². The third kappa shape index (κ3) is 2.36. The molecule has 1 atom stereocenters. The van der Waals surface area contributed by atoms with Crippen molar-refractivity contribution in [3.63, 3.8) is 0 Å². The van der Waals surface area contributed by atoms with Gasteiger partial charge in [0, 0.05) is 6.92 Å². The van der Waals surface area contributed by atoms with Crippen LogP contribution in [0.5, 0.6) is 0 Å². The zero-order valence-corrected chi connectivity index (χ0v) is 9.33. The lowest BCUT2D eigenvalue weighted by Crippen LogP contribution is -2.60. The van der Waals surface area contributed by atoms with Gasteiger partial charge < -0.3 is 9.47 Å².